The molecule has 1 aromatic carbocycles. The second kappa shape index (κ2) is 6.68. The molecule has 0 bridgehead atoms. The number of alkyl halides is 3. The molecular formula is C22H22F3N5O2. The quantitative estimate of drug-likeness (QED) is 0.581. The number of aliphatic hydroxyl groups is 1. The normalized spacial score (nSPS) is 29.2. The number of amides is 1. The number of carbonyl (C=O) groups excluding carboxylic acids is 1. The van der Waals surface area contributed by atoms with Gasteiger partial charge in [0.25, 0.3) is 0 Å². The van der Waals surface area contributed by atoms with Crippen LogP contribution in [0.4, 0.5) is 24.5 Å². The Hall–Kier alpha value is -3.14. The molecule has 5 rings (SSSR count). The summed E-state index contributed by atoms with van der Waals surface area (Å²) in [5.74, 6) is -0.142. The molecular weight excluding hydrogens is 423 g/mol. The van der Waals surface area contributed by atoms with E-state index >= 15 is 0 Å². The minimum Gasteiger partial charge on any atom is -0.390 e. The van der Waals surface area contributed by atoms with Crippen molar-refractivity contribution in [3.05, 3.63) is 53.3 Å². The van der Waals surface area contributed by atoms with Gasteiger partial charge in [0, 0.05) is 30.0 Å². The van der Waals surface area contributed by atoms with E-state index in [2.05, 4.69) is 15.6 Å². The first-order chi connectivity index (χ1) is 15.0. The molecule has 7 nitrogen and oxygen atoms in total. The fourth-order valence-electron chi connectivity index (χ4n) is 5.04. The van der Waals surface area contributed by atoms with Gasteiger partial charge in [-0.05, 0) is 49.1 Å². The summed E-state index contributed by atoms with van der Waals surface area (Å²) in [4.78, 5) is 17.7. The smallest absolute Gasteiger partial charge is 0.390 e. The third kappa shape index (κ3) is 3.29. The van der Waals surface area contributed by atoms with Gasteiger partial charge in [-0.25, -0.2) is 0 Å². The molecule has 2 aromatic rings. The third-order valence-corrected chi connectivity index (χ3v) is 6.54. The molecule has 32 heavy (non-hydrogen) atoms. The Bertz CT molecular complexity index is 1100. The molecule has 2 aliphatic carbocycles. The van der Waals surface area contributed by atoms with Crippen LogP contribution in [0.2, 0.25) is 0 Å². The summed E-state index contributed by atoms with van der Waals surface area (Å²) in [5, 5.41) is 24.6. The molecule has 4 N–H and O–H groups in total. The van der Waals surface area contributed by atoms with Crippen molar-refractivity contribution >= 4 is 23.2 Å². The van der Waals surface area contributed by atoms with E-state index in [1.165, 1.54) is 11.0 Å². The van der Waals surface area contributed by atoms with Crippen molar-refractivity contribution in [2.75, 3.05) is 5.32 Å². The summed E-state index contributed by atoms with van der Waals surface area (Å²) in [6.45, 7) is 1.72. The second-order valence-electron chi connectivity index (χ2n) is 9.12. The summed E-state index contributed by atoms with van der Waals surface area (Å²) < 4.78 is 38.9. The maximum atomic E-state index is 13.0. The third-order valence-electron chi connectivity index (χ3n) is 6.54. The molecule has 1 spiro atoms. The number of hydrogen-bond acceptors (Lipinski definition) is 5. The summed E-state index contributed by atoms with van der Waals surface area (Å²) in [6, 6.07) is 7.66. The van der Waals surface area contributed by atoms with Gasteiger partial charge in [-0.2, -0.15) is 13.2 Å². The predicted octanol–water partition coefficient (Wildman–Crippen LogP) is 3.27. The molecule has 0 unspecified atom stereocenters. The van der Waals surface area contributed by atoms with Crippen molar-refractivity contribution < 1.29 is 23.1 Å². The van der Waals surface area contributed by atoms with Crippen molar-refractivity contribution in [1.29, 1.82) is 5.41 Å². The number of fused-ring (bicyclic) bond motifs is 2. The minimum atomic E-state index is -4.53. The van der Waals surface area contributed by atoms with Crippen LogP contribution >= 0.6 is 0 Å². The van der Waals surface area contributed by atoms with Gasteiger partial charge < -0.3 is 15.7 Å². The predicted molar refractivity (Wildman–Crippen MR) is 110 cm³/mol. The molecule has 10 heteroatoms. The van der Waals surface area contributed by atoms with E-state index in [0.717, 1.165) is 23.4 Å². The fourth-order valence-corrected chi connectivity index (χ4v) is 5.04. The van der Waals surface area contributed by atoms with E-state index in [0.29, 0.717) is 24.9 Å². The van der Waals surface area contributed by atoms with Crippen molar-refractivity contribution in [2.24, 2.45) is 0 Å². The summed E-state index contributed by atoms with van der Waals surface area (Å²) in [5.41, 5.74) is 0.201. The van der Waals surface area contributed by atoms with Gasteiger partial charge in [0.05, 0.1) is 17.6 Å². The lowest BCUT2D eigenvalue weighted by Gasteiger charge is -2.54. The minimum absolute atomic E-state index is 0.0229. The number of nitrogens with zero attached hydrogens (tertiary/aromatic N) is 2. The summed E-state index contributed by atoms with van der Waals surface area (Å²) in [7, 11) is 0. The van der Waals surface area contributed by atoms with Crippen molar-refractivity contribution in [3.8, 4) is 0 Å². The molecule has 3 aliphatic rings. The molecule has 2 fully saturated rings. The number of nitrogens with one attached hydrogen (secondary N) is 3. The van der Waals surface area contributed by atoms with Crippen LogP contribution in [0.15, 0.2) is 36.5 Å². The monoisotopic (exact) mass is 445 g/mol. The number of rotatable bonds is 3. The Balaban J connectivity index is 1.36. The number of guanidine groups is 1. The fraction of sp³-hybridized carbons (Fsp3) is 0.409. The van der Waals surface area contributed by atoms with Gasteiger partial charge in [-0.15, -0.1) is 0 Å². The van der Waals surface area contributed by atoms with Crippen molar-refractivity contribution in [1.82, 2.24) is 15.2 Å². The number of aromatic nitrogens is 1. The molecule has 2 heterocycles. The van der Waals surface area contributed by atoms with Crippen LogP contribution < -0.4 is 10.6 Å². The Morgan fingerprint density at radius 1 is 1.28 bits per heavy atom. The van der Waals surface area contributed by atoms with Crippen LogP contribution in [0, 0.1) is 5.41 Å². The first-order valence-corrected chi connectivity index (χ1v) is 10.3. The molecule has 1 aromatic heterocycles. The van der Waals surface area contributed by atoms with Gasteiger partial charge in [-0.3, -0.25) is 20.1 Å². The maximum absolute atomic E-state index is 13.0. The van der Waals surface area contributed by atoms with Crippen LogP contribution in [0.3, 0.4) is 0 Å². The second-order valence-corrected chi connectivity index (χ2v) is 9.12. The van der Waals surface area contributed by atoms with Gasteiger partial charge >= 0.3 is 6.18 Å². The Labute approximate surface area is 182 Å². The Morgan fingerprint density at radius 2 is 2.03 bits per heavy atom. The highest BCUT2D eigenvalue weighted by Gasteiger charge is 2.54. The number of carbonyl (C=O) groups is 1. The number of hydrogen-bond donors (Lipinski definition) is 4. The highest BCUT2D eigenvalue weighted by molar-refractivity contribution is 6.00. The zero-order valence-electron chi connectivity index (χ0n) is 17.3. The molecule has 0 radical (unpaired) electrons. The van der Waals surface area contributed by atoms with E-state index in [4.69, 9.17) is 5.41 Å². The Morgan fingerprint density at radius 3 is 2.69 bits per heavy atom. The number of halogens is 3. The lowest BCUT2D eigenvalue weighted by molar-refractivity contribution is -0.141. The average Bonchev–Trinajstić information content (AvgIpc) is 2.66. The van der Waals surface area contributed by atoms with Gasteiger partial charge in [0.1, 0.15) is 5.69 Å². The van der Waals surface area contributed by atoms with E-state index in [-0.39, 0.29) is 30.0 Å². The van der Waals surface area contributed by atoms with E-state index in [9.17, 15) is 23.1 Å². The standard InChI is InChI=1S/C22H22F3N5O2/c1-20(32)8-13(9-20)30-18(31)11-21(29-19(30)26)10-14-15(21)3-2-4-16(14)28-12-5-6-27-17(7-12)22(23,24)25/h2-7,13,32H,8-11H2,1H3,(H2,26,29)(H,27,28)/t13-,20+,21-/m0/s1. The lowest BCUT2D eigenvalue weighted by atomic mass is 9.66. The van der Waals surface area contributed by atoms with Crippen molar-refractivity contribution in [2.45, 2.75) is 56.0 Å². The van der Waals surface area contributed by atoms with E-state index in [1.54, 1.807) is 19.1 Å². The van der Waals surface area contributed by atoms with Crippen LogP contribution in [-0.2, 0) is 22.9 Å². The number of benzene rings is 1. The maximum Gasteiger partial charge on any atom is 0.433 e. The summed E-state index contributed by atoms with van der Waals surface area (Å²) >= 11 is 0. The Kier molecular flexibility index (Phi) is 4.33. The van der Waals surface area contributed by atoms with Crippen LogP contribution in [-0.4, -0.2) is 38.5 Å². The first-order valence-electron chi connectivity index (χ1n) is 10.3. The topological polar surface area (TPSA) is 101 Å². The lowest BCUT2D eigenvalue weighted by Crippen LogP contribution is -2.69. The highest BCUT2D eigenvalue weighted by Crippen LogP contribution is 2.48. The summed E-state index contributed by atoms with van der Waals surface area (Å²) in [6.07, 6.45) is -1.91. The number of anilines is 2. The van der Waals surface area contributed by atoms with Gasteiger partial charge in [-0.1, -0.05) is 12.1 Å². The number of pyridine rings is 1. The zero-order valence-corrected chi connectivity index (χ0v) is 17.3. The van der Waals surface area contributed by atoms with Crippen LogP contribution in [0.5, 0.6) is 0 Å². The van der Waals surface area contributed by atoms with E-state index < -0.39 is 23.0 Å². The zero-order chi connectivity index (χ0) is 22.9. The molecule has 1 aliphatic heterocycles. The largest absolute Gasteiger partial charge is 0.433 e. The van der Waals surface area contributed by atoms with Gasteiger partial charge in [0.15, 0.2) is 5.96 Å². The molecule has 1 amide bonds. The molecule has 1 saturated carbocycles. The first kappa shape index (κ1) is 20.7. The van der Waals surface area contributed by atoms with Crippen LogP contribution in [0.1, 0.15) is 43.0 Å². The molecule has 168 valence electrons. The molecule has 1 atom stereocenters. The van der Waals surface area contributed by atoms with Crippen LogP contribution in [0.25, 0.3) is 0 Å². The van der Waals surface area contributed by atoms with Gasteiger partial charge in [0.2, 0.25) is 5.91 Å². The average molecular weight is 445 g/mol. The van der Waals surface area contributed by atoms with Crippen molar-refractivity contribution in [3.63, 3.8) is 0 Å². The SMILES string of the molecule is C[C@]1(O)C[C@@H](N2C(=N)N[C@]3(CC2=O)Cc2c(Nc4ccnc(C(F)(F)F)c4)cccc23)C1. The molecule has 1 saturated heterocycles. The highest BCUT2D eigenvalue weighted by atomic mass is 19.4. The van der Waals surface area contributed by atoms with E-state index in [1.807, 2.05) is 6.07 Å².